The molecular weight excluding hydrogens is 305 g/mol. The van der Waals surface area contributed by atoms with Crippen LogP contribution in [0.15, 0.2) is 28.3 Å². The Kier molecular flexibility index (Phi) is 3.07. The van der Waals surface area contributed by atoms with E-state index in [2.05, 4.69) is 21.0 Å². The van der Waals surface area contributed by atoms with Crippen molar-refractivity contribution in [3.05, 3.63) is 38.8 Å². The van der Waals surface area contributed by atoms with Crippen molar-refractivity contribution >= 4 is 27.3 Å². The third-order valence-corrected chi connectivity index (χ3v) is 3.58. The van der Waals surface area contributed by atoms with Crippen LogP contribution in [0.2, 0.25) is 0 Å². The Hall–Kier alpha value is -0.820. The van der Waals surface area contributed by atoms with Gasteiger partial charge in [0.15, 0.2) is 0 Å². The molecular formula is C9H6BrF3N2S. The van der Waals surface area contributed by atoms with E-state index in [0.29, 0.717) is 6.54 Å². The third-order valence-electron chi connectivity index (χ3n) is 1.90. The van der Waals surface area contributed by atoms with E-state index in [0.717, 1.165) is 21.7 Å². The van der Waals surface area contributed by atoms with Crippen LogP contribution in [-0.2, 0) is 12.7 Å². The standard InChI is InChI=1S/C9H6BrF3N2S/c10-7-1-8(16-5-7)4-15-3-6(2-14-15)9(11,12)13/h1-3,5H,4H2. The van der Waals surface area contributed by atoms with E-state index < -0.39 is 11.7 Å². The van der Waals surface area contributed by atoms with Gasteiger partial charge in [-0.25, -0.2) is 0 Å². The van der Waals surface area contributed by atoms with Gasteiger partial charge in [0.05, 0.1) is 18.3 Å². The Balaban J connectivity index is 2.14. The largest absolute Gasteiger partial charge is 0.419 e. The summed E-state index contributed by atoms with van der Waals surface area (Å²) >= 11 is 4.76. The summed E-state index contributed by atoms with van der Waals surface area (Å²) in [5.74, 6) is 0. The normalized spacial score (nSPS) is 12.0. The maximum absolute atomic E-state index is 12.3. The molecule has 2 aromatic heterocycles. The van der Waals surface area contributed by atoms with Crippen LogP contribution >= 0.6 is 27.3 Å². The molecule has 0 bridgehead atoms. The minimum atomic E-state index is -4.33. The van der Waals surface area contributed by atoms with Gasteiger partial charge in [0.2, 0.25) is 0 Å². The zero-order valence-electron chi connectivity index (χ0n) is 7.83. The quantitative estimate of drug-likeness (QED) is 0.825. The van der Waals surface area contributed by atoms with Gasteiger partial charge in [0.1, 0.15) is 0 Å². The Labute approximate surface area is 102 Å². The highest BCUT2D eigenvalue weighted by Gasteiger charge is 2.32. The van der Waals surface area contributed by atoms with E-state index in [4.69, 9.17) is 0 Å². The summed E-state index contributed by atoms with van der Waals surface area (Å²) in [5, 5.41) is 5.55. The van der Waals surface area contributed by atoms with Crippen molar-refractivity contribution in [1.29, 1.82) is 0 Å². The van der Waals surface area contributed by atoms with Gasteiger partial charge >= 0.3 is 6.18 Å². The maximum atomic E-state index is 12.3. The number of hydrogen-bond donors (Lipinski definition) is 0. The molecule has 0 fully saturated rings. The average molecular weight is 311 g/mol. The van der Waals surface area contributed by atoms with Crippen LogP contribution in [0.25, 0.3) is 0 Å². The molecule has 0 atom stereocenters. The molecule has 2 nitrogen and oxygen atoms in total. The van der Waals surface area contributed by atoms with E-state index in [1.54, 1.807) is 0 Å². The van der Waals surface area contributed by atoms with Gasteiger partial charge < -0.3 is 0 Å². The minimum absolute atomic E-state index is 0.354. The van der Waals surface area contributed by atoms with Gasteiger partial charge in [-0.1, -0.05) is 0 Å². The summed E-state index contributed by atoms with van der Waals surface area (Å²) in [4.78, 5) is 0.948. The van der Waals surface area contributed by atoms with Gasteiger partial charge in [-0.2, -0.15) is 18.3 Å². The first-order chi connectivity index (χ1) is 7.45. The fraction of sp³-hybridized carbons (Fsp3) is 0.222. The molecule has 16 heavy (non-hydrogen) atoms. The number of hydrogen-bond acceptors (Lipinski definition) is 2. The van der Waals surface area contributed by atoms with E-state index in [-0.39, 0.29) is 0 Å². The predicted octanol–water partition coefficient (Wildman–Crippen LogP) is 3.77. The smallest absolute Gasteiger partial charge is 0.267 e. The second kappa shape index (κ2) is 4.21. The van der Waals surface area contributed by atoms with Crippen LogP contribution in [0.5, 0.6) is 0 Å². The molecule has 86 valence electrons. The van der Waals surface area contributed by atoms with Crippen LogP contribution in [0.3, 0.4) is 0 Å². The highest BCUT2D eigenvalue weighted by atomic mass is 79.9. The summed E-state index contributed by atoms with van der Waals surface area (Å²) in [6.45, 7) is 0.354. The Morgan fingerprint density at radius 1 is 1.44 bits per heavy atom. The molecule has 0 aromatic carbocycles. The maximum Gasteiger partial charge on any atom is 0.419 e. The highest BCUT2D eigenvalue weighted by molar-refractivity contribution is 9.10. The lowest BCUT2D eigenvalue weighted by Gasteiger charge is -2.01. The van der Waals surface area contributed by atoms with Gasteiger partial charge in [0.25, 0.3) is 0 Å². The molecule has 0 saturated heterocycles. The zero-order chi connectivity index (χ0) is 11.8. The van der Waals surface area contributed by atoms with Crippen molar-refractivity contribution in [2.45, 2.75) is 12.7 Å². The minimum Gasteiger partial charge on any atom is -0.267 e. The molecule has 0 N–H and O–H groups in total. The van der Waals surface area contributed by atoms with Crippen LogP contribution in [0.1, 0.15) is 10.4 Å². The van der Waals surface area contributed by atoms with Crippen molar-refractivity contribution in [2.24, 2.45) is 0 Å². The Morgan fingerprint density at radius 3 is 2.69 bits per heavy atom. The molecule has 0 amide bonds. The Bertz CT molecular complexity index is 489. The average Bonchev–Trinajstić information content (AvgIpc) is 2.74. The van der Waals surface area contributed by atoms with Gasteiger partial charge in [-0.3, -0.25) is 4.68 Å². The summed E-state index contributed by atoms with van der Waals surface area (Å²) in [6.07, 6.45) is -2.48. The number of nitrogens with zero attached hydrogens (tertiary/aromatic N) is 2. The van der Waals surface area contributed by atoms with Gasteiger partial charge in [-0.05, 0) is 22.0 Å². The summed E-state index contributed by atoms with van der Waals surface area (Å²) < 4.78 is 39.1. The summed E-state index contributed by atoms with van der Waals surface area (Å²) in [7, 11) is 0. The molecule has 0 aliphatic carbocycles. The fourth-order valence-electron chi connectivity index (χ4n) is 1.19. The van der Waals surface area contributed by atoms with E-state index in [1.807, 2.05) is 11.4 Å². The molecule has 2 heterocycles. The second-order valence-corrected chi connectivity index (χ2v) is 5.07. The Morgan fingerprint density at radius 2 is 2.19 bits per heavy atom. The van der Waals surface area contributed by atoms with Crippen LogP contribution in [0.4, 0.5) is 13.2 Å². The molecule has 7 heteroatoms. The highest BCUT2D eigenvalue weighted by Crippen LogP contribution is 2.29. The first kappa shape index (κ1) is 11.7. The number of thiophene rings is 1. The third kappa shape index (κ3) is 2.65. The number of rotatable bonds is 2. The van der Waals surface area contributed by atoms with Crippen LogP contribution < -0.4 is 0 Å². The van der Waals surface area contributed by atoms with E-state index in [1.165, 1.54) is 16.0 Å². The molecule has 2 aromatic rings. The predicted molar refractivity (Wildman–Crippen MR) is 58.4 cm³/mol. The lowest BCUT2D eigenvalue weighted by molar-refractivity contribution is -0.137. The second-order valence-electron chi connectivity index (χ2n) is 3.16. The van der Waals surface area contributed by atoms with E-state index >= 15 is 0 Å². The van der Waals surface area contributed by atoms with Gasteiger partial charge in [0, 0.05) is 20.9 Å². The number of aromatic nitrogens is 2. The zero-order valence-corrected chi connectivity index (χ0v) is 10.2. The summed E-state index contributed by atoms with van der Waals surface area (Å²) in [5.41, 5.74) is -0.719. The summed E-state index contributed by atoms with van der Waals surface area (Å²) in [6, 6.07) is 1.86. The topological polar surface area (TPSA) is 17.8 Å². The molecule has 2 rings (SSSR count). The molecule has 0 aliphatic heterocycles. The fourth-order valence-corrected chi connectivity index (χ4v) is 2.63. The molecule has 0 spiro atoms. The first-order valence-corrected chi connectivity index (χ1v) is 5.95. The monoisotopic (exact) mass is 310 g/mol. The SMILES string of the molecule is FC(F)(F)c1cnn(Cc2cc(Br)cs2)c1. The van der Waals surface area contributed by atoms with Crippen molar-refractivity contribution in [1.82, 2.24) is 9.78 Å². The molecule has 0 aliphatic rings. The molecule has 0 unspecified atom stereocenters. The van der Waals surface area contributed by atoms with Gasteiger partial charge in [-0.15, -0.1) is 11.3 Å². The first-order valence-electron chi connectivity index (χ1n) is 4.28. The number of halogens is 4. The van der Waals surface area contributed by atoms with Crippen molar-refractivity contribution in [2.75, 3.05) is 0 Å². The van der Waals surface area contributed by atoms with Crippen molar-refractivity contribution in [3.63, 3.8) is 0 Å². The van der Waals surface area contributed by atoms with Crippen molar-refractivity contribution in [3.8, 4) is 0 Å². The lowest BCUT2D eigenvalue weighted by Crippen LogP contribution is -2.03. The lowest BCUT2D eigenvalue weighted by atomic mass is 10.3. The van der Waals surface area contributed by atoms with Crippen molar-refractivity contribution < 1.29 is 13.2 Å². The molecule has 0 saturated carbocycles. The van der Waals surface area contributed by atoms with E-state index in [9.17, 15) is 13.2 Å². The van der Waals surface area contributed by atoms with Crippen LogP contribution in [0, 0.1) is 0 Å². The molecule has 0 radical (unpaired) electrons. The van der Waals surface area contributed by atoms with Crippen LogP contribution in [-0.4, -0.2) is 9.78 Å². The number of alkyl halides is 3.